The average molecular weight is 290 g/mol. The number of hydrogen-bond donors (Lipinski definition) is 1. The van der Waals surface area contributed by atoms with E-state index in [0.717, 1.165) is 17.4 Å². The molecular formula is C15H18N2O2S. The van der Waals surface area contributed by atoms with E-state index in [9.17, 15) is 4.79 Å². The number of thiazole rings is 1. The van der Waals surface area contributed by atoms with Gasteiger partial charge in [-0.3, -0.25) is 4.79 Å². The molecule has 1 N–H and O–H groups in total. The first-order valence-electron chi connectivity index (χ1n) is 6.49. The lowest BCUT2D eigenvalue weighted by Crippen LogP contribution is -2.10. The standard InChI is InChI=1S/C15H18N2O2S/c1-11(12-6-4-3-5-7-12)9-16-15-17-13(10-20-15)8-14(18)19-2/h3-7,10-11H,8-9H2,1-2H3,(H,16,17). The number of anilines is 1. The molecule has 0 fully saturated rings. The molecule has 2 aromatic rings. The van der Waals surface area contributed by atoms with Gasteiger partial charge in [-0.05, 0) is 11.5 Å². The molecule has 20 heavy (non-hydrogen) atoms. The van der Waals surface area contributed by atoms with Gasteiger partial charge in [-0.2, -0.15) is 0 Å². The first-order chi connectivity index (χ1) is 9.69. The third-order valence-electron chi connectivity index (χ3n) is 3.03. The Kier molecular flexibility index (Phi) is 5.12. The highest BCUT2D eigenvalue weighted by Crippen LogP contribution is 2.19. The van der Waals surface area contributed by atoms with Crippen LogP contribution in [-0.4, -0.2) is 24.6 Å². The predicted molar refractivity (Wildman–Crippen MR) is 81.2 cm³/mol. The lowest BCUT2D eigenvalue weighted by atomic mass is 10.0. The number of nitrogens with one attached hydrogen (secondary N) is 1. The van der Waals surface area contributed by atoms with Crippen LogP contribution < -0.4 is 5.32 Å². The van der Waals surface area contributed by atoms with E-state index in [-0.39, 0.29) is 12.4 Å². The Balaban J connectivity index is 1.87. The van der Waals surface area contributed by atoms with E-state index in [1.807, 2.05) is 23.6 Å². The van der Waals surface area contributed by atoms with Gasteiger partial charge in [-0.25, -0.2) is 4.98 Å². The van der Waals surface area contributed by atoms with Crippen LogP contribution >= 0.6 is 11.3 Å². The molecule has 4 nitrogen and oxygen atoms in total. The van der Waals surface area contributed by atoms with Crippen LogP contribution in [0, 0.1) is 0 Å². The summed E-state index contributed by atoms with van der Waals surface area (Å²) in [6.07, 6.45) is 0.225. The zero-order valence-corrected chi connectivity index (χ0v) is 12.4. The minimum absolute atomic E-state index is 0.225. The summed E-state index contributed by atoms with van der Waals surface area (Å²) in [5.74, 6) is 0.142. The second-order valence-electron chi connectivity index (χ2n) is 4.59. The van der Waals surface area contributed by atoms with Crippen molar-refractivity contribution >= 4 is 22.4 Å². The smallest absolute Gasteiger partial charge is 0.311 e. The van der Waals surface area contributed by atoms with Gasteiger partial charge >= 0.3 is 5.97 Å². The van der Waals surface area contributed by atoms with Crippen LogP contribution in [0.15, 0.2) is 35.7 Å². The molecular weight excluding hydrogens is 272 g/mol. The van der Waals surface area contributed by atoms with Gasteiger partial charge in [0.05, 0.1) is 19.2 Å². The van der Waals surface area contributed by atoms with Gasteiger partial charge in [0, 0.05) is 11.9 Å². The highest BCUT2D eigenvalue weighted by atomic mass is 32.1. The molecule has 0 bridgehead atoms. The van der Waals surface area contributed by atoms with Gasteiger partial charge in [-0.15, -0.1) is 11.3 Å². The maximum Gasteiger partial charge on any atom is 0.311 e. The van der Waals surface area contributed by atoms with Gasteiger partial charge in [0.2, 0.25) is 0 Å². The molecule has 0 aliphatic carbocycles. The predicted octanol–water partition coefficient (Wildman–Crippen LogP) is 3.07. The number of benzene rings is 1. The number of ether oxygens (including phenoxy) is 1. The number of esters is 1. The normalized spacial score (nSPS) is 11.9. The zero-order chi connectivity index (χ0) is 14.4. The molecule has 0 saturated carbocycles. The largest absolute Gasteiger partial charge is 0.469 e. The number of rotatable bonds is 6. The molecule has 0 saturated heterocycles. The molecule has 0 aliphatic heterocycles. The van der Waals surface area contributed by atoms with Crippen molar-refractivity contribution in [2.24, 2.45) is 0 Å². The van der Waals surface area contributed by atoms with Crippen LogP contribution in [0.1, 0.15) is 24.1 Å². The van der Waals surface area contributed by atoms with Gasteiger partial charge in [0.1, 0.15) is 0 Å². The summed E-state index contributed by atoms with van der Waals surface area (Å²) in [4.78, 5) is 15.5. The van der Waals surface area contributed by atoms with Crippen LogP contribution in [0.4, 0.5) is 5.13 Å². The summed E-state index contributed by atoms with van der Waals surface area (Å²) in [6, 6.07) is 10.4. The molecule has 0 spiro atoms. The van der Waals surface area contributed by atoms with Crippen LogP contribution in [0.3, 0.4) is 0 Å². The van der Waals surface area contributed by atoms with Crippen LogP contribution in [0.25, 0.3) is 0 Å². The number of hydrogen-bond acceptors (Lipinski definition) is 5. The summed E-state index contributed by atoms with van der Waals surface area (Å²) < 4.78 is 4.62. The fourth-order valence-corrected chi connectivity index (χ4v) is 2.55. The molecule has 0 radical (unpaired) electrons. The Morgan fingerprint density at radius 2 is 2.15 bits per heavy atom. The van der Waals surface area contributed by atoms with E-state index >= 15 is 0 Å². The summed E-state index contributed by atoms with van der Waals surface area (Å²) in [6.45, 7) is 2.99. The molecule has 2 rings (SSSR count). The fraction of sp³-hybridized carbons (Fsp3) is 0.333. The molecule has 1 unspecified atom stereocenters. The van der Waals surface area contributed by atoms with Crippen molar-refractivity contribution in [2.75, 3.05) is 19.0 Å². The molecule has 106 valence electrons. The van der Waals surface area contributed by atoms with Crippen molar-refractivity contribution in [3.8, 4) is 0 Å². The molecule has 1 heterocycles. The fourth-order valence-electron chi connectivity index (χ4n) is 1.83. The quantitative estimate of drug-likeness (QED) is 0.831. The van der Waals surface area contributed by atoms with Crippen molar-refractivity contribution in [2.45, 2.75) is 19.3 Å². The third-order valence-corrected chi connectivity index (χ3v) is 3.88. The number of carbonyl (C=O) groups is 1. The monoisotopic (exact) mass is 290 g/mol. The molecule has 0 amide bonds. The number of methoxy groups -OCH3 is 1. The lowest BCUT2D eigenvalue weighted by molar-refractivity contribution is -0.139. The molecule has 5 heteroatoms. The second-order valence-corrected chi connectivity index (χ2v) is 5.45. The Morgan fingerprint density at radius 3 is 2.85 bits per heavy atom. The minimum Gasteiger partial charge on any atom is -0.469 e. The zero-order valence-electron chi connectivity index (χ0n) is 11.6. The molecule has 1 aromatic heterocycles. The Bertz CT molecular complexity index is 554. The Hall–Kier alpha value is -1.88. The SMILES string of the molecule is COC(=O)Cc1csc(NCC(C)c2ccccc2)n1. The highest BCUT2D eigenvalue weighted by molar-refractivity contribution is 7.13. The third kappa shape index (κ3) is 4.06. The average Bonchev–Trinajstić information content (AvgIpc) is 2.93. The topological polar surface area (TPSA) is 51.2 Å². The Labute approximate surface area is 122 Å². The molecule has 1 aromatic carbocycles. The Morgan fingerprint density at radius 1 is 1.40 bits per heavy atom. The summed E-state index contributed by atoms with van der Waals surface area (Å²) in [5.41, 5.74) is 2.04. The van der Waals surface area contributed by atoms with Crippen molar-refractivity contribution in [3.63, 3.8) is 0 Å². The van der Waals surface area contributed by atoms with E-state index in [1.54, 1.807) is 0 Å². The number of nitrogens with zero attached hydrogens (tertiary/aromatic N) is 1. The van der Waals surface area contributed by atoms with Gasteiger partial charge in [0.15, 0.2) is 5.13 Å². The maximum atomic E-state index is 11.2. The summed E-state index contributed by atoms with van der Waals surface area (Å²) >= 11 is 1.51. The first-order valence-corrected chi connectivity index (χ1v) is 7.37. The van der Waals surface area contributed by atoms with Gasteiger partial charge in [0.25, 0.3) is 0 Å². The maximum absolute atomic E-state index is 11.2. The van der Waals surface area contributed by atoms with Crippen LogP contribution in [0.2, 0.25) is 0 Å². The van der Waals surface area contributed by atoms with Gasteiger partial charge in [-0.1, -0.05) is 37.3 Å². The van der Waals surface area contributed by atoms with E-state index < -0.39 is 0 Å². The summed E-state index contributed by atoms with van der Waals surface area (Å²) in [7, 11) is 1.38. The lowest BCUT2D eigenvalue weighted by Gasteiger charge is -2.12. The molecule has 1 atom stereocenters. The van der Waals surface area contributed by atoms with E-state index in [2.05, 4.69) is 34.1 Å². The van der Waals surface area contributed by atoms with E-state index in [1.165, 1.54) is 24.0 Å². The summed E-state index contributed by atoms with van der Waals surface area (Å²) in [5, 5.41) is 6.03. The number of aromatic nitrogens is 1. The molecule has 0 aliphatic rings. The van der Waals surface area contributed by atoms with Crippen LogP contribution in [0.5, 0.6) is 0 Å². The first kappa shape index (κ1) is 14.5. The van der Waals surface area contributed by atoms with E-state index in [4.69, 9.17) is 0 Å². The highest BCUT2D eigenvalue weighted by Gasteiger charge is 2.09. The minimum atomic E-state index is -0.264. The van der Waals surface area contributed by atoms with Crippen molar-refractivity contribution in [1.82, 2.24) is 4.98 Å². The second kappa shape index (κ2) is 7.05. The van der Waals surface area contributed by atoms with Crippen molar-refractivity contribution in [1.29, 1.82) is 0 Å². The van der Waals surface area contributed by atoms with Gasteiger partial charge < -0.3 is 10.1 Å². The van der Waals surface area contributed by atoms with E-state index in [0.29, 0.717) is 5.92 Å². The van der Waals surface area contributed by atoms with Crippen molar-refractivity contribution < 1.29 is 9.53 Å². The van der Waals surface area contributed by atoms with Crippen LogP contribution in [-0.2, 0) is 16.0 Å². The van der Waals surface area contributed by atoms with Crippen molar-refractivity contribution in [3.05, 3.63) is 47.0 Å². The number of carbonyl (C=O) groups excluding carboxylic acids is 1.